The van der Waals surface area contributed by atoms with E-state index in [0.29, 0.717) is 17.9 Å². The van der Waals surface area contributed by atoms with Crippen LogP contribution in [0.15, 0.2) is 24.3 Å². The molecule has 1 heterocycles. The molecule has 112 valence electrons. The first-order valence-electron chi connectivity index (χ1n) is 7.03. The van der Waals surface area contributed by atoms with Gasteiger partial charge in [0, 0.05) is 18.2 Å². The predicted molar refractivity (Wildman–Crippen MR) is 80.3 cm³/mol. The second-order valence-electron chi connectivity index (χ2n) is 5.18. The van der Waals surface area contributed by atoms with Crippen molar-refractivity contribution in [2.45, 2.75) is 32.6 Å². The van der Waals surface area contributed by atoms with Gasteiger partial charge in [-0.25, -0.2) is 4.98 Å². The van der Waals surface area contributed by atoms with Gasteiger partial charge in [0.15, 0.2) is 0 Å². The highest BCUT2D eigenvalue weighted by Gasteiger charge is 2.14. The fourth-order valence-electron chi connectivity index (χ4n) is 1.91. The summed E-state index contributed by atoms with van der Waals surface area (Å²) in [6.07, 6.45) is 1.48. The van der Waals surface area contributed by atoms with Gasteiger partial charge >= 0.3 is 0 Å². The maximum atomic E-state index is 12.1. The smallest absolute Gasteiger partial charge is 0.295 e. The molecule has 0 atom stereocenters. The number of carbonyl (C=O) groups is 1. The van der Waals surface area contributed by atoms with Gasteiger partial charge in [0.25, 0.3) is 5.91 Å². The molecular formula is C15H20N4O2. The third-order valence-corrected chi connectivity index (χ3v) is 3.06. The lowest BCUT2D eigenvalue weighted by Crippen LogP contribution is -2.14. The fourth-order valence-corrected chi connectivity index (χ4v) is 1.91. The van der Waals surface area contributed by atoms with E-state index >= 15 is 0 Å². The minimum atomic E-state index is -0.336. The number of aromatic nitrogens is 3. The number of hydrogen-bond acceptors (Lipinski definition) is 4. The topological polar surface area (TPSA) is 90.9 Å². The summed E-state index contributed by atoms with van der Waals surface area (Å²) in [5, 5.41) is 18.3. The summed E-state index contributed by atoms with van der Waals surface area (Å²) in [6.45, 7) is 4.12. The lowest BCUT2D eigenvalue weighted by atomic mass is 10.1. The normalized spacial score (nSPS) is 10.9. The Balaban J connectivity index is 2.04. The summed E-state index contributed by atoms with van der Waals surface area (Å²) >= 11 is 0. The molecule has 2 aromatic rings. The van der Waals surface area contributed by atoms with Crippen LogP contribution in [0.4, 0.5) is 5.69 Å². The highest BCUT2D eigenvalue weighted by Crippen LogP contribution is 2.14. The summed E-state index contributed by atoms with van der Waals surface area (Å²) in [7, 11) is 0. The number of rotatable bonds is 6. The van der Waals surface area contributed by atoms with Crippen LogP contribution in [0, 0.1) is 0 Å². The lowest BCUT2D eigenvalue weighted by Gasteiger charge is -2.05. The number of nitrogens with one attached hydrogen (secondary N) is 2. The molecule has 3 N–H and O–H groups in total. The Morgan fingerprint density at radius 3 is 2.90 bits per heavy atom. The molecule has 0 aliphatic carbocycles. The fraction of sp³-hybridized carbons (Fsp3) is 0.400. The molecule has 21 heavy (non-hydrogen) atoms. The molecule has 1 aromatic carbocycles. The summed E-state index contributed by atoms with van der Waals surface area (Å²) in [4.78, 5) is 16.2. The Morgan fingerprint density at radius 1 is 1.43 bits per heavy atom. The SMILES string of the molecule is CC(C)c1nc(C(=O)Nc2cccc(CCCO)c2)n[nH]1. The number of hydrogen-bond donors (Lipinski definition) is 3. The van der Waals surface area contributed by atoms with Crippen molar-refractivity contribution in [1.29, 1.82) is 0 Å². The van der Waals surface area contributed by atoms with Crippen molar-refractivity contribution >= 4 is 11.6 Å². The molecule has 1 amide bonds. The van der Waals surface area contributed by atoms with Crippen LogP contribution in [-0.2, 0) is 6.42 Å². The van der Waals surface area contributed by atoms with Gasteiger partial charge in [-0.3, -0.25) is 9.89 Å². The number of carbonyl (C=O) groups excluding carboxylic acids is 1. The van der Waals surface area contributed by atoms with Crippen LogP contribution < -0.4 is 5.32 Å². The first-order chi connectivity index (χ1) is 10.1. The number of anilines is 1. The summed E-state index contributed by atoms with van der Waals surface area (Å²) in [6, 6.07) is 7.55. The number of H-pyrrole nitrogens is 1. The Labute approximate surface area is 123 Å². The van der Waals surface area contributed by atoms with Crippen LogP contribution in [0.3, 0.4) is 0 Å². The monoisotopic (exact) mass is 288 g/mol. The van der Waals surface area contributed by atoms with E-state index in [9.17, 15) is 4.79 Å². The maximum Gasteiger partial charge on any atom is 0.295 e. The van der Waals surface area contributed by atoms with Crippen molar-refractivity contribution in [3.05, 3.63) is 41.5 Å². The zero-order valence-corrected chi connectivity index (χ0v) is 12.3. The van der Waals surface area contributed by atoms with Crippen molar-refractivity contribution in [3.63, 3.8) is 0 Å². The Hall–Kier alpha value is -2.21. The average Bonchev–Trinajstić information content (AvgIpc) is 2.95. The van der Waals surface area contributed by atoms with Crippen LogP contribution in [0.1, 0.15) is 48.2 Å². The molecular weight excluding hydrogens is 268 g/mol. The molecule has 0 fully saturated rings. The zero-order chi connectivity index (χ0) is 15.2. The highest BCUT2D eigenvalue weighted by atomic mass is 16.2. The predicted octanol–water partition coefficient (Wildman–Crippen LogP) is 2.11. The lowest BCUT2D eigenvalue weighted by molar-refractivity contribution is 0.101. The molecule has 0 bridgehead atoms. The first-order valence-corrected chi connectivity index (χ1v) is 7.03. The molecule has 0 unspecified atom stereocenters. The molecule has 0 aliphatic rings. The molecule has 0 spiro atoms. The van der Waals surface area contributed by atoms with E-state index in [4.69, 9.17) is 5.11 Å². The van der Waals surface area contributed by atoms with E-state index in [1.807, 2.05) is 38.1 Å². The second kappa shape index (κ2) is 6.99. The quantitative estimate of drug-likeness (QED) is 0.759. The van der Waals surface area contributed by atoms with Crippen molar-refractivity contribution < 1.29 is 9.90 Å². The van der Waals surface area contributed by atoms with E-state index in [2.05, 4.69) is 20.5 Å². The van der Waals surface area contributed by atoms with Gasteiger partial charge in [-0.2, -0.15) is 0 Å². The number of amides is 1. The highest BCUT2D eigenvalue weighted by molar-refractivity contribution is 6.01. The van der Waals surface area contributed by atoms with Gasteiger partial charge in [-0.15, -0.1) is 5.10 Å². The largest absolute Gasteiger partial charge is 0.396 e. The van der Waals surface area contributed by atoms with Crippen LogP contribution in [0.5, 0.6) is 0 Å². The Morgan fingerprint density at radius 2 is 2.24 bits per heavy atom. The number of benzene rings is 1. The van der Waals surface area contributed by atoms with Crippen LogP contribution in [0.2, 0.25) is 0 Å². The summed E-state index contributed by atoms with van der Waals surface area (Å²) in [5.41, 5.74) is 1.77. The number of aromatic amines is 1. The van der Waals surface area contributed by atoms with Crippen LogP contribution >= 0.6 is 0 Å². The summed E-state index contributed by atoms with van der Waals surface area (Å²) in [5.74, 6) is 0.689. The van der Waals surface area contributed by atoms with Crippen molar-refractivity contribution in [2.24, 2.45) is 0 Å². The molecule has 0 saturated carbocycles. The number of nitrogens with zero attached hydrogens (tertiary/aromatic N) is 2. The van der Waals surface area contributed by atoms with E-state index in [1.54, 1.807) is 0 Å². The molecule has 6 nitrogen and oxygen atoms in total. The second-order valence-corrected chi connectivity index (χ2v) is 5.18. The Kier molecular flexibility index (Phi) is 5.05. The Bertz CT molecular complexity index is 607. The van der Waals surface area contributed by atoms with Crippen molar-refractivity contribution in [3.8, 4) is 0 Å². The van der Waals surface area contributed by atoms with Gasteiger partial charge in [0.2, 0.25) is 5.82 Å². The van der Waals surface area contributed by atoms with Gasteiger partial charge in [-0.1, -0.05) is 26.0 Å². The van der Waals surface area contributed by atoms with Crippen molar-refractivity contribution in [1.82, 2.24) is 15.2 Å². The zero-order valence-electron chi connectivity index (χ0n) is 12.3. The maximum absolute atomic E-state index is 12.1. The van der Waals surface area contributed by atoms with E-state index < -0.39 is 0 Å². The van der Waals surface area contributed by atoms with Crippen LogP contribution in [0.25, 0.3) is 0 Å². The van der Waals surface area contributed by atoms with Crippen molar-refractivity contribution in [2.75, 3.05) is 11.9 Å². The van der Waals surface area contributed by atoms with Gasteiger partial charge in [0.1, 0.15) is 5.82 Å². The van der Waals surface area contributed by atoms with Gasteiger partial charge in [0.05, 0.1) is 0 Å². The molecule has 1 aromatic heterocycles. The standard InChI is InChI=1S/C15H20N4O2/c1-10(2)13-17-14(19-18-13)15(21)16-12-7-3-5-11(9-12)6-4-8-20/h3,5,7,9-10,20H,4,6,8H2,1-2H3,(H,16,21)(H,17,18,19). The summed E-state index contributed by atoms with van der Waals surface area (Å²) < 4.78 is 0. The average molecular weight is 288 g/mol. The van der Waals surface area contributed by atoms with E-state index in [-0.39, 0.29) is 24.3 Å². The van der Waals surface area contributed by atoms with Gasteiger partial charge in [-0.05, 0) is 30.5 Å². The van der Waals surface area contributed by atoms with E-state index in [0.717, 1.165) is 12.0 Å². The number of aryl methyl sites for hydroxylation is 1. The van der Waals surface area contributed by atoms with Crippen LogP contribution in [-0.4, -0.2) is 32.8 Å². The minimum absolute atomic E-state index is 0.138. The van der Waals surface area contributed by atoms with E-state index in [1.165, 1.54) is 0 Å². The molecule has 0 aliphatic heterocycles. The molecule has 0 radical (unpaired) electrons. The third-order valence-electron chi connectivity index (χ3n) is 3.06. The molecule has 6 heteroatoms. The van der Waals surface area contributed by atoms with Gasteiger partial charge < -0.3 is 10.4 Å². The molecule has 0 saturated heterocycles. The minimum Gasteiger partial charge on any atom is -0.396 e. The molecule has 2 rings (SSSR count). The first kappa shape index (κ1) is 15.2. The number of aliphatic hydroxyl groups excluding tert-OH is 1. The number of aliphatic hydroxyl groups is 1. The third kappa shape index (κ3) is 4.13.